The van der Waals surface area contributed by atoms with Crippen LogP contribution in [-0.4, -0.2) is 36.5 Å². The molecule has 1 amide bonds. The fourth-order valence-electron chi connectivity index (χ4n) is 1.81. The molecule has 1 unspecified atom stereocenters. The lowest BCUT2D eigenvalue weighted by Crippen LogP contribution is -2.29. The second-order valence-corrected chi connectivity index (χ2v) is 4.30. The molecule has 0 saturated carbocycles. The molecule has 1 aromatic carbocycles. The third kappa shape index (κ3) is 2.49. The lowest BCUT2D eigenvalue weighted by molar-refractivity contribution is -0.133. The van der Waals surface area contributed by atoms with Crippen molar-refractivity contribution in [2.75, 3.05) is 19.3 Å². The van der Waals surface area contributed by atoms with Crippen LogP contribution in [0, 0.1) is 11.6 Å². The fraction of sp³-hybridized carbons (Fsp3) is 0.333. The van der Waals surface area contributed by atoms with Crippen LogP contribution < -0.4 is 5.73 Å². The Morgan fingerprint density at radius 2 is 2.11 bits per heavy atom. The van der Waals surface area contributed by atoms with E-state index in [1.807, 2.05) is 0 Å². The van der Waals surface area contributed by atoms with E-state index in [9.17, 15) is 18.4 Å². The Morgan fingerprint density at radius 3 is 2.68 bits per heavy atom. The molecular weight excluding hydrogens is 258 g/mol. The molecule has 1 saturated heterocycles. The van der Waals surface area contributed by atoms with Crippen LogP contribution in [0.1, 0.15) is 16.8 Å². The Morgan fingerprint density at radius 1 is 1.42 bits per heavy atom. The average Bonchev–Trinajstić information content (AvgIpc) is 2.65. The van der Waals surface area contributed by atoms with Gasteiger partial charge < -0.3 is 15.4 Å². The maximum Gasteiger partial charge on any atom is 0.342 e. The summed E-state index contributed by atoms with van der Waals surface area (Å²) < 4.78 is 31.6. The number of nitrogen functional groups attached to an aromatic ring is 1. The van der Waals surface area contributed by atoms with Gasteiger partial charge >= 0.3 is 5.97 Å². The van der Waals surface area contributed by atoms with Crippen molar-refractivity contribution in [1.29, 1.82) is 0 Å². The molecule has 1 heterocycles. The van der Waals surface area contributed by atoms with Crippen LogP contribution in [-0.2, 0) is 9.53 Å². The number of nitrogens with zero attached hydrogens (tertiary/aromatic N) is 1. The molecule has 0 aromatic heterocycles. The maximum atomic E-state index is 13.5. The number of rotatable bonds is 2. The van der Waals surface area contributed by atoms with Crippen molar-refractivity contribution >= 4 is 17.6 Å². The second-order valence-electron chi connectivity index (χ2n) is 4.30. The first-order valence-electron chi connectivity index (χ1n) is 5.60. The fourth-order valence-corrected chi connectivity index (χ4v) is 1.81. The van der Waals surface area contributed by atoms with Gasteiger partial charge in [0.05, 0.1) is 11.3 Å². The molecule has 2 N–H and O–H groups in total. The summed E-state index contributed by atoms with van der Waals surface area (Å²) in [6, 6.07) is 1.37. The van der Waals surface area contributed by atoms with Gasteiger partial charge in [-0.25, -0.2) is 13.6 Å². The highest BCUT2D eigenvalue weighted by Gasteiger charge is 2.33. The lowest BCUT2D eigenvalue weighted by Gasteiger charge is -2.12. The van der Waals surface area contributed by atoms with Gasteiger partial charge in [-0.15, -0.1) is 0 Å². The Kier molecular flexibility index (Phi) is 3.37. The van der Waals surface area contributed by atoms with Gasteiger partial charge in [0.25, 0.3) is 5.91 Å². The van der Waals surface area contributed by atoms with E-state index in [-0.39, 0.29) is 5.91 Å². The molecule has 1 aliphatic rings. The van der Waals surface area contributed by atoms with Gasteiger partial charge in [0.2, 0.25) is 0 Å². The van der Waals surface area contributed by atoms with Crippen molar-refractivity contribution in [2.45, 2.75) is 12.5 Å². The molecule has 19 heavy (non-hydrogen) atoms. The summed E-state index contributed by atoms with van der Waals surface area (Å²) >= 11 is 0. The predicted molar refractivity (Wildman–Crippen MR) is 62.2 cm³/mol. The largest absolute Gasteiger partial charge is 0.449 e. The Hall–Kier alpha value is -2.18. The average molecular weight is 270 g/mol. The molecule has 2 rings (SSSR count). The van der Waals surface area contributed by atoms with E-state index < -0.39 is 35.0 Å². The van der Waals surface area contributed by atoms with E-state index in [0.717, 1.165) is 0 Å². The van der Waals surface area contributed by atoms with Crippen molar-refractivity contribution < 1.29 is 23.1 Å². The number of carbonyl (C=O) groups is 2. The van der Waals surface area contributed by atoms with E-state index in [0.29, 0.717) is 25.1 Å². The molecule has 1 fully saturated rings. The van der Waals surface area contributed by atoms with Crippen LogP contribution in [0.25, 0.3) is 0 Å². The molecule has 0 spiro atoms. The molecular formula is C12H12F2N2O3. The zero-order valence-electron chi connectivity index (χ0n) is 10.2. The highest BCUT2D eigenvalue weighted by Crippen LogP contribution is 2.20. The smallest absolute Gasteiger partial charge is 0.342 e. The van der Waals surface area contributed by atoms with E-state index in [1.54, 1.807) is 7.05 Å². The van der Waals surface area contributed by atoms with Crippen LogP contribution in [0.5, 0.6) is 0 Å². The van der Waals surface area contributed by atoms with E-state index in [1.165, 1.54) is 4.90 Å². The van der Waals surface area contributed by atoms with Crippen LogP contribution in [0.2, 0.25) is 0 Å². The number of likely N-dealkylation sites (tertiary alicyclic amines) is 1. The number of esters is 1. The predicted octanol–water partition coefficient (Wildman–Crippen LogP) is 0.935. The van der Waals surface area contributed by atoms with Crippen molar-refractivity contribution in [3.8, 4) is 0 Å². The van der Waals surface area contributed by atoms with Gasteiger partial charge in [0.1, 0.15) is 11.6 Å². The monoisotopic (exact) mass is 270 g/mol. The van der Waals surface area contributed by atoms with Crippen molar-refractivity contribution in [1.82, 2.24) is 4.90 Å². The molecule has 0 aliphatic carbocycles. The minimum Gasteiger partial charge on any atom is -0.449 e. The van der Waals surface area contributed by atoms with Crippen molar-refractivity contribution in [3.05, 3.63) is 29.3 Å². The Bertz CT molecular complexity index is 548. The number of halogens is 2. The highest BCUT2D eigenvalue weighted by atomic mass is 19.1. The number of hydrogen-bond acceptors (Lipinski definition) is 4. The van der Waals surface area contributed by atoms with Gasteiger partial charge in [0, 0.05) is 26.1 Å². The highest BCUT2D eigenvalue weighted by molar-refractivity contribution is 5.93. The molecule has 1 atom stereocenters. The van der Waals surface area contributed by atoms with Crippen LogP contribution in [0.15, 0.2) is 12.1 Å². The zero-order valence-corrected chi connectivity index (χ0v) is 10.2. The molecule has 1 aromatic rings. The molecule has 7 heteroatoms. The van der Waals surface area contributed by atoms with Gasteiger partial charge in [-0.3, -0.25) is 4.79 Å². The zero-order chi connectivity index (χ0) is 14.2. The number of benzene rings is 1. The molecule has 0 bridgehead atoms. The standard InChI is InChI=1S/C12H12F2N2O3/c1-16-3-2-10(11(16)17)19-12(18)6-4-8(14)9(15)5-7(6)13/h4-5,10H,2-3,15H2,1H3. The Balaban J connectivity index is 2.17. The maximum absolute atomic E-state index is 13.5. The van der Waals surface area contributed by atoms with E-state index >= 15 is 0 Å². The molecule has 5 nitrogen and oxygen atoms in total. The summed E-state index contributed by atoms with van der Waals surface area (Å²) in [5.41, 5.74) is 4.19. The Labute approximate surface area is 107 Å². The van der Waals surface area contributed by atoms with Gasteiger partial charge in [-0.05, 0) is 6.07 Å². The van der Waals surface area contributed by atoms with Crippen LogP contribution in [0.3, 0.4) is 0 Å². The second kappa shape index (κ2) is 4.83. The number of likely N-dealkylation sites (N-methyl/N-ethyl adjacent to an activating group) is 1. The minimum absolute atomic E-state index is 0.333. The topological polar surface area (TPSA) is 72.6 Å². The van der Waals surface area contributed by atoms with Gasteiger partial charge in [-0.2, -0.15) is 0 Å². The van der Waals surface area contributed by atoms with Crippen LogP contribution >= 0.6 is 0 Å². The molecule has 0 radical (unpaired) electrons. The number of anilines is 1. The van der Waals surface area contributed by atoms with Crippen molar-refractivity contribution in [3.63, 3.8) is 0 Å². The summed E-state index contributed by atoms with van der Waals surface area (Å²) in [4.78, 5) is 24.6. The first kappa shape index (κ1) is 13.3. The van der Waals surface area contributed by atoms with E-state index in [2.05, 4.69) is 0 Å². The van der Waals surface area contributed by atoms with Gasteiger partial charge in [0.15, 0.2) is 6.10 Å². The number of nitrogens with two attached hydrogens (primary N) is 1. The molecule has 1 aliphatic heterocycles. The third-order valence-corrected chi connectivity index (χ3v) is 2.93. The third-order valence-electron chi connectivity index (χ3n) is 2.93. The summed E-state index contributed by atoms with van der Waals surface area (Å²) in [5, 5.41) is 0. The molecule has 102 valence electrons. The summed E-state index contributed by atoms with van der Waals surface area (Å²) in [7, 11) is 1.57. The van der Waals surface area contributed by atoms with E-state index in [4.69, 9.17) is 10.5 Å². The quantitative estimate of drug-likeness (QED) is 0.641. The minimum atomic E-state index is -1.08. The summed E-state index contributed by atoms with van der Waals surface area (Å²) in [5.74, 6) is -3.33. The first-order valence-corrected chi connectivity index (χ1v) is 5.60. The van der Waals surface area contributed by atoms with Crippen LogP contribution in [0.4, 0.5) is 14.5 Å². The number of amides is 1. The number of hydrogen-bond donors (Lipinski definition) is 1. The summed E-state index contributed by atoms with van der Waals surface area (Å²) in [6.45, 7) is 0.454. The number of carbonyl (C=O) groups excluding carboxylic acids is 2. The van der Waals surface area contributed by atoms with Crippen molar-refractivity contribution in [2.24, 2.45) is 0 Å². The number of ether oxygens (including phenoxy) is 1. The van der Waals surface area contributed by atoms with Gasteiger partial charge in [-0.1, -0.05) is 0 Å². The lowest BCUT2D eigenvalue weighted by atomic mass is 10.2. The summed E-state index contributed by atoms with van der Waals surface area (Å²) in [6.07, 6.45) is -0.613. The SMILES string of the molecule is CN1CCC(OC(=O)c2cc(F)c(N)cc2F)C1=O. The first-order chi connectivity index (χ1) is 8.90. The normalized spacial score (nSPS) is 18.8.